The van der Waals surface area contributed by atoms with Gasteiger partial charge < -0.3 is 9.32 Å². The van der Waals surface area contributed by atoms with Gasteiger partial charge in [-0.1, -0.05) is 54.6 Å². The average molecular weight is 385 g/mol. The molecule has 5 heteroatoms. The Balaban J connectivity index is 1.64. The van der Waals surface area contributed by atoms with Gasteiger partial charge >= 0.3 is 0 Å². The van der Waals surface area contributed by atoms with Crippen LogP contribution in [0.15, 0.2) is 83.3 Å². The van der Waals surface area contributed by atoms with E-state index < -0.39 is 6.04 Å². The summed E-state index contributed by atoms with van der Waals surface area (Å²) in [7, 11) is 0. The van der Waals surface area contributed by atoms with Gasteiger partial charge in [0.2, 0.25) is 11.8 Å². The number of benzene rings is 3. The van der Waals surface area contributed by atoms with E-state index in [1.807, 2.05) is 48.5 Å². The van der Waals surface area contributed by atoms with Gasteiger partial charge in [0.25, 0.3) is 0 Å². The highest BCUT2D eigenvalue weighted by Crippen LogP contribution is 2.38. The van der Waals surface area contributed by atoms with E-state index in [1.54, 1.807) is 12.1 Å². The van der Waals surface area contributed by atoms with Crippen molar-refractivity contribution in [2.45, 2.75) is 18.9 Å². The van der Waals surface area contributed by atoms with Crippen molar-refractivity contribution in [3.05, 3.63) is 102 Å². The van der Waals surface area contributed by atoms with Gasteiger partial charge in [-0.2, -0.15) is 0 Å². The van der Waals surface area contributed by atoms with E-state index in [0.717, 1.165) is 30.6 Å². The summed E-state index contributed by atoms with van der Waals surface area (Å²) in [5, 5.41) is 8.58. The van der Waals surface area contributed by atoms with Gasteiger partial charge in [-0.15, -0.1) is 10.2 Å². The molecule has 0 saturated heterocycles. The van der Waals surface area contributed by atoms with E-state index >= 15 is 0 Å². The summed E-state index contributed by atoms with van der Waals surface area (Å²) in [6.07, 6.45) is 2.00. The predicted molar refractivity (Wildman–Crippen MR) is 110 cm³/mol. The lowest BCUT2D eigenvalue weighted by molar-refractivity contribution is 0.452. The smallest absolute Gasteiger partial charge is 0.247 e. The molecule has 0 fully saturated rings. The normalized spacial score (nSPS) is 14.4. The molecule has 29 heavy (non-hydrogen) atoms. The molecule has 1 aromatic heterocycles. The van der Waals surface area contributed by atoms with E-state index in [4.69, 9.17) is 4.42 Å². The summed E-state index contributed by atoms with van der Waals surface area (Å²) < 4.78 is 20.9. The molecule has 0 spiro atoms. The molecule has 0 radical (unpaired) electrons. The lowest BCUT2D eigenvalue weighted by atomic mass is 9.96. The maximum absolute atomic E-state index is 14.9. The summed E-state index contributed by atoms with van der Waals surface area (Å²) in [6.45, 7) is 0.791. The number of aryl methyl sites for hydroxylation is 1. The van der Waals surface area contributed by atoms with Crippen molar-refractivity contribution in [3.63, 3.8) is 0 Å². The Kier molecular flexibility index (Phi) is 4.56. The topological polar surface area (TPSA) is 42.2 Å². The molecule has 3 aromatic carbocycles. The summed E-state index contributed by atoms with van der Waals surface area (Å²) in [5.74, 6) is 0.554. The Morgan fingerprint density at radius 3 is 2.48 bits per heavy atom. The summed E-state index contributed by atoms with van der Waals surface area (Å²) in [4.78, 5) is 2.18. The number of halogens is 1. The van der Waals surface area contributed by atoms with Crippen LogP contribution in [0.5, 0.6) is 0 Å². The van der Waals surface area contributed by atoms with Crippen molar-refractivity contribution in [1.29, 1.82) is 0 Å². The maximum Gasteiger partial charge on any atom is 0.247 e. The van der Waals surface area contributed by atoms with Gasteiger partial charge in [0, 0.05) is 23.4 Å². The Morgan fingerprint density at radius 1 is 0.862 bits per heavy atom. The molecule has 0 bridgehead atoms. The second-order valence-electron chi connectivity index (χ2n) is 7.16. The van der Waals surface area contributed by atoms with Crippen molar-refractivity contribution in [1.82, 2.24) is 10.2 Å². The lowest BCUT2D eigenvalue weighted by Gasteiger charge is -2.36. The molecule has 144 valence electrons. The number of hydrogen-bond acceptors (Lipinski definition) is 4. The highest BCUT2D eigenvalue weighted by Gasteiger charge is 2.32. The Bertz CT molecular complexity index is 1130. The van der Waals surface area contributed by atoms with Crippen LogP contribution < -0.4 is 4.90 Å². The lowest BCUT2D eigenvalue weighted by Crippen LogP contribution is -2.34. The second-order valence-corrected chi connectivity index (χ2v) is 7.16. The molecule has 4 nitrogen and oxygen atoms in total. The fourth-order valence-corrected chi connectivity index (χ4v) is 4.00. The number of aromatic nitrogens is 2. The van der Waals surface area contributed by atoms with Gasteiger partial charge in [0.15, 0.2) is 0 Å². The molecule has 0 aliphatic carbocycles. The van der Waals surface area contributed by atoms with Crippen molar-refractivity contribution < 1.29 is 8.81 Å². The summed E-state index contributed by atoms with van der Waals surface area (Å²) >= 11 is 0. The van der Waals surface area contributed by atoms with Crippen LogP contribution in [0, 0.1) is 5.82 Å². The van der Waals surface area contributed by atoms with E-state index in [-0.39, 0.29) is 5.82 Å². The van der Waals surface area contributed by atoms with Crippen molar-refractivity contribution in [2.24, 2.45) is 0 Å². The minimum atomic E-state index is -0.484. The largest absolute Gasteiger partial charge is 0.418 e. The molecular formula is C24H20FN3O. The highest BCUT2D eigenvalue weighted by atomic mass is 19.1. The molecule has 0 N–H and O–H groups in total. The van der Waals surface area contributed by atoms with Gasteiger partial charge in [0.05, 0.1) is 0 Å². The van der Waals surface area contributed by atoms with Crippen LogP contribution in [0.25, 0.3) is 11.5 Å². The van der Waals surface area contributed by atoms with E-state index in [0.29, 0.717) is 17.3 Å². The number of para-hydroxylation sites is 1. The number of fused-ring (bicyclic) bond motifs is 1. The zero-order valence-corrected chi connectivity index (χ0v) is 15.8. The van der Waals surface area contributed by atoms with Crippen molar-refractivity contribution >= 4 is 5.69 Å². The van der Waals surface area contributed by atoms with Crippen LogP contribution in [0.2, 0.25) is 0 Å². The first kappa shape index (κ1) is 17.6. The zero-order valence-electron chi connectivity index (χ0n) is 15.8. The fourth-order valence-electron chi connectivity index (χ4n) is 4.00. The Hall–Kier alpha value is -3.47. The average Bonchev–Trinajstić information content (AvgIpc) is 3.26. The molecule has 0 amide bonds. The molecular weight excluding hydrogens is 365 g/mol. The highest BCUT2D eigenvalue weighted by molar-refractivity contribution is 5.59. The first-order chi connectivity index (χ1) is 14.3. The fraction of sp³-hybridized carbons (Fsp3) is 0.167. The van der Waals surface area contributed by atoms with Crippen LogP contribution in [-0.4, -0.2) is 16.7 Å². The van der Waals surface area contributed by atoms with Crippen LogP contribution in [0.3, 0.4) is 0 Å². The molecule has 4 aromatic rings. The minimum absolute atomic E-state index is 0.278. The summed E-state index contributed by atoms with van der Waals surface area (Å²) in [5.41, 5.74) is 3.72. The first-order valence-corrected chi connectivity index (χ1v) is 9.79. The van der Waals surface area contributed by atoms with Gasteiger partial charge in [-0.05, 0) is 42.7 Å². The van der Waals surface area contributed by atoms with Gasteiger partial charge in [-0.25, -0.2) is 4.39 Å². The van der Waals surface area contributed by atoms with Crippen LogP contribution >= 0.6 is 0 Å². The standard InChI is InChI=1S/C24H20FN3O/c25-20-14-6-5-13-19(20)22(28-16-8-12-17-9-4-7-15-21(17)28)24-27-26-23(29-24)18-10-2-1-3-11-18/h1-7,9-11,13-15,22H,8,12,16H2/t22-/m0/s1. The zero-order chi connectivity index (χ0) is 19.6. The molecule has 0 unspecified atom stereocenters. The molecule has 1 aliphatic rings. The van der Waals surface area contributed by atoms with Gasteiger partial charge in [-0.3, -0.25) is 0 Å². The maximum atomic E-state index is 14.9. The molecule has 5 rings (SSSR count). The van der Waals surface area contributed by atoms with Crippen LogP contribution in [0.1, 0.15) is 29.5 Å². The third-order valence-electron chi connectivity index (χ3n) is 5.35. The van der Waals surface area contributed by atoms with E-state index in [1.165, 1.54) is 11.6 Å². The number of hydrogen-bond donors (Lipinski definition) is 0. The van der Waals surface area contributed by atoms with Crippen LogP contribution in [-0.2, 0) is 6.42 Å². The molecule has 1 atom stereocenters. The molecule has 1 aliphatic heterocycles. The van der Waals surface area contributed by atoms with E-state index in [9.17, 15) is 4.39 Å². The monoisotopic (exact) mass is 385 g/mol. The first-order valence-electron chi connectivity index (χ1n) is 9.79. The quantitative estimate of drug-likeness (QED) is 0.471. The Morgan fingerprint density at radius 2 is 1.62 bits per heavy atom. The number of nitrogens with zero attached hydrogens (tertiary/aromatic N) is 3. The van der Waals surface area contributed by atoms with Gasteiger partial charge in [0.1, 0.15) is 11.9 Å². The predicted octanol–water partition coefficient (Wildman–Crippen LogP) is 5.42. The molecule has 0 saturated carbocycles. The summed E-state index contributed by atoms with van der Waals surface area (Å²) in [6, 6.07) is 24.2. The second kappa shape index (κ2) is 7.51. The SMILES string of the molecule is Fc1ccccc1[C@@H](c1nnc(-c2ccccc2)o1)N1CCCc2ccccc21. The van der Waals surface area contributed by atoms with E-state index in [2.05, 4.69) is 27.2 Å². The Labute approximate surface area is 168 Å². The van der Waals surface area contributed by atoms with Crippen molar-refractivity contribution in [2.75, 3.05) is 11.4 Å². The third-order valence-corrected chi connectivity index (χ3v) is 5.35. The number of rotatable bonds is 4. The minimum Gasteiger partial charge on any atom is -0.418 e. The third kappa shape index (κ3) is 3.29. The number of anilines is 1. The van der Waals surface area contributed by atoms with Crippen molar-refractivity contribution in [3.8, 4) is 11.5 Å². The van der Waals surface area contributed by atoms with Crippen LogP contribution in [0.4, 0.5) is 10.1 Å². The molecule has 2 heterocycles.